The SMILES string of the molecule is CCCCOCCNS(=O)(=O)c1ccc(Br)c(F)c1. The van der Waals surface area contributed by atoms with E-state index in [4.69, 9.17) is 4.74 Å². The molecule has 1 N–H and O–H groups in total. The van der Waals surface area contributed by atoms with Gasteiger partial charge in [-0.05, 0) is 40.5 Å². The Morgan fingerprint density at radius 3 is 2.74 bits per heavy atom. The molecule has 0 aliphatic rings. The Kier molecular flexibility index (Phi) is 6.92. The lowest BCUT2D eigenvalue weighted by molar-refractivity contribution is 0.136. The van der Waals surface area contributed by atoms with Crippen molar-refractivity contribution in [3.05, 3.63) is 28.5 Å². The van der Waals surface area contributed by atoms with Gasteiger partial charge in [0.25, 0.3) is 0 Å². The van der Waals surface area contributed by atoms with Crippen LogP contribution in [-0.4, -0.2) is 28.2 Å². The number of halogens is 2. The van der Waals surface area contributed by atoms with Gasteiger partial charge < -0.3 is 4.74 Å². The first-order valence-corrected chi connectivity index (χ1v) is 8.27. The molecule has 0 amide bonds. The second kappa shape index (κ2) is 7.94. The van der Waals surface area contributed by atoms with Crippen LogP contribution >= 0.6 is 15.9 Å². The molecule has 19 heavy (non-hydrogen) atoms. The van der Waals surface area contributed by atoms with Gasteiger partial charge in [0, 0.05) is 13.2 Å². The zero-order valence-electron chi connectivity index (χ0n) is 10.7. The molecule has 0 bridgehead atoms. The van der Waals surface area contributed by atoms with E-state index in [2.05, 4.69) is 20.7 Å². The Balaban J connectivity index is 2.49. The van der Waals surface area contributed by atoms with E-state index in [9.17, 15) is 12.8 Å². The molecular formula is C12H17BrFNO3S. The number of benzene rings is 1. The van der Waals surface area contributed by atoms with Crippen molar-refractivity contribution < 1.29 is 17.5 Å². The van der Waals surface area contributed by atoms with Gasteiger partial charge in [0.1, 0.15) is 5.82 Å². The maximum atomic E-state index is 13.3. The molecule has 108 valence electrons. The average Bonchev–Trinajstić information content (AvgIpc) is 2.36. The third-order valence-corrected chi connectivity index (χ3v) is 4.48. The smallest absolute Gasteiger partial charge is 0.240 e. The number of nitrogens with one attached hydrogen (secondary N) is 1. The van der Waals surface area contributed by atoms with Crippen LogP contribution in [0, 0.1) is 5.82 Å². The number of unbranched alkanes of at least 4 members (excludes halogenated alkanes) is 1. The fourth-order valence-corrected chi connectivity index (χ4v) is 2.60. The number of ether oxygens (including phenoxy) is 1. The van der Waals surface area contributed by atoms with Crippen LogP contribution in [0.2, 0.25) is 0 Å². The highest BCUT2D eigenvalue weighted by atomic mass is 79.9. The monoisotopic (exact) mass is 353 g/mol. The van der Waals surface area contributed by atoms with Gasteiger partial charge in [0.15, 0.2) is 0 Å². The van der Waals surface area contributed by atoms with Gasteiger partial charge in [-0.3, -0.25) is 0 Å². The third kappa shape index (κ3) is 5.56. The van der Waals surface area contributed by atoms with Crippen LogP contribution in [0.5, 0.6) is 0 Å². The standard InChI is InChI=1S/C12H17BrFNO3S/c1-2-3-7-18-8-6-15-19(16,17)10-4-5-11(13)12(14)9-10/h4-5,9,15H,2-3,6-8H2,1H3. The summed E-state index contributed by atoms with van der Waals surface area (Å²) in [7, 11) is -3.68. The van der Waals surface area contributed by atoms with Gasteiger partial charge in [0.2, 0.25) is 10.0 Å². The maximum absolute atomic E-state index is 13.3. The average molecular weight is 354 g/mol. The Hall–Kier alpha value is -0.500. The predicted octanol–water partition coefficient (Wildman–Crippen LogP) is 2.68. The first kappa shape index (κ1) is 16.6. The molecule has 0 radical (unpaired) electrons. The summed E-state index contributed by atoms with van der Waals surface area (Å²) in [5.41, 5.74) is 0. The largest absolute Gasteiger partial charge is 0.380 e. The molecule has 0 aliphatic carbocycles. The van der Waals surface area contributed by atoms with Crippen LogP contribution < -0.4 is 4.72 Å². The molecular weight excluding hydrogens is 337 g/mol. The van der Waals surface area contributed by atoms with E-state index < -0.39 is 15.8 Å². The van der Waals surface area contributed by atoms with Crippen LogP contribution in [0.25, 0.3) is 0 Å². The minimum atomic E-state index is -3.68. The predicted molar refractivity (Wildman–Crippen MR) is 75.0 cm³/mol. The summed E-state index contributed by atoms with van der Waals surface area (Å²) < 4.78 is 44.8. The topological polar surface area (TPSA) is 55.4 Å². The van der Waals surface area contributed by atoms with E-state index in [-0.39, 0.29) is 15.9 Å². The van der Waals surface area contributed by atoms with Gasteiger partial charge >= 0.3 is 0 Å². The van der Waals surface area contributed by atoms with Crippen molar-refractivity contribution in [1.29, 1.82) is 0 Å². The van der Waals surface area contributed by atoms with Crippen LogP contribution in [0.1, 0.15) is 19.8 Å². The van der Waals surface area contributed by atoms with E-state index >= 15 is 0 Å². The lowest BCUT2D eigenvalue weighted by Crippen LogP contribution is -2.27. The van der Waals surface area contributed by atoms with Gasteiger partial charge in [-0.2, -0.15) is 0 Å². The first-order chi connectivity index (χ1) is 8.97. The molecule has 0 atom stereocenters. The second-order valence-electron chi connectivity index (χ2n) is 3.94. The number of rotatable bonds is 8. The summed E-state index contributed by atoms with van der Waals surface area (Å²) in [4.78, 5) is -0.0956. The van der Waals surface area contributed by atoms with E-state index in [0.29, 0.717) is 13.2 Å². The minimum Gasteiger partial charge on any atom is -0.380 e. The van der Waals surface area contributed by atoms with Crippen molar-refractivity contribution >= 4 is 26.0 Å². The molecule has 0 unspecified atom stereocenters. The Labute approximate surface area is 121 Å². The molecule has 1 aromatic rings. The second-order valence-corrected chi connectivity index (χ2v) is 6.56. The minimum absolute atomic E-state index is 0.0956. The van der Waals surface area contributed by atoms with Gasteiger partial charge in [-0.25, -0.2) is 17.5 Å². The molecule has 0 saturated heterocycles. The molecule has 4 nitrogen and oxygen atoms in total. The summed E-state index contributed by atoms with van der Waals surface area (Å²) in [6.07, 6.45) is 1.98. The highest BCUT2D eigenvalue weighted by molar-refractivity contribution is 9.10. The van der Waals surface area contributed by atoms with Crippen LogP contribution in [-0.2, 0) is 14.8 Å². The van der Waals surface area contributed by atoms with Gasteiger partial charge in [-0.1, -0.05) is 13.3 Å². The number of sulfonamides is 1. The van der Waals surface area contributed by atoms with Crippen molar-refractivity contribution in [2.45, 2.75) is 24.7 Å². The lowest BCUT2D eigenvalue weighted by Gasteiger charge is -2.08. The number of hydrogen-bond acceptors (Lipinski definition) is 3. The van der Waals surface area contributed by atoms with E-state index in [1.54, 1.807) is 0 Å². The van der Waals surface area contributed by atoms with Crippen LogP contribution in [0.4, 0.5) is 4.39 Å². The Bertz CT molecular complexity index is 508. The van der Waals surface area contributed by atoms with Crippen LogP contribution in [0.3, 0.4) is 0 Å². The van der Waals surface area contributed by atoms with E-state index in [1.807, 2.05) is 6.92 Å². The van der Waals surface area contributed by atoms with E-state index in [1.165, 1.54) is 12.1 Å². The van der Waals surface area contributed by atoms with Gasteiger partial charge in [0.05, 0.1) is 16.0 Å². The van der Waals surface area contributed by atoms with Gasteiger partial charge in [-0.15, -0.1) is 0 Å². The molecule has 0 aliphatic heterocycles. The van der Waals surface area contributed by atoms with Crippen molar-refractivity contribution in [2.75, 3.05) is 19.8 Å². The zero-order valence-corrected chi connectivity index (χ0v) is 13.1. The zero-order chi connectivity index (χ0) is 14.3. The summed E-state index contributed by atoms with van der Waals surface area (Å²) in [5, 5.41) is 0. The molecule has 0 aromatic heterocycles. The molecule has 1 rings (SSSR count). The molecule has 0 fully saturated rings. The Morgan fingerprint density at radius 1 is 1.37 bits per heavy atom. The van der Waals surface area contributed by atoms with Crippen molar-refractivity contribution in [2.24, 2.45) is 0 Å². The molecule has 1 aromatic carbocycles. The fourth-order valence-electron chi connectivity index (χ4n) is 1.32. The summed E-state index contributed by atoms with van der Waals surface area (Å²) >= 11 is 2.97. The third-order valence-electron chi connectivity index (χ3n) is 2.38. The highest BCUT2D eigenvalue weighted by Gasteiger charge is 2.15. The molecule has 0 spiro atoms. The molecule has 0 heterocycles. The first-order valence-electron chi connectivity index (χ1n) is 6.00. The maximum Gasteiger partial charge on any atom is 0.240 e. The Morgan fingerprint density at radius 2 is 2.11 bits per heavy atom. The lowest BCUT2D eigenvalue weighted by atomic mass is 10.3. The highest BCUT2D eigenvalue weighted by Crippen LogP contribution is 2.19. The summed E-state index contributed by atoms with van der Waals surface area (Å²) in [6.45, 7) is 3.14. The van der Waals surface area contributed by atoms with Crippen molar-refractivity contribution in [3.8, 4) is 0 Å². The van der Waals surface area contributed by atoms with Crippen LogP contribution in [0.15, 0.2) is 27.6 Å². The van der Waals surface area contributed by atoms with Crippen molar-refractivity contribution in [3.63, 3.8) is 0 Å². The fraction of sp³-hybridized carbons (Fsp3) is 0.500. The number of hydrogen-bond donors (Lipinski definition) is 1. The van der Waals surface area contributed by atoms with E-state index in [0.717, 1.165) is 18.9 Å². The normalized spacial score (nSPS) is 11.7. The quantitative estimate of drug-likeness (QED) is 0.731. The molecule has 7 heteroatoms. The summed E-state index contributed by atoms with van der Waals surface area (Å²) in [6, 6.07) is 3.68. The van der Waals surface area contributed by atoms with Crippen molar-refractivity contribution in [1.82, 2.24) is 4.72 Å². The molecule has 0 saturated carbocycles. The summed E-state index contributed by atoms with van der Waals surface area (Å²) in [5.74, 6) is -0.609.